The highest BCUT2D eigenvalue weighted by Crippen LogP contribution is 1.78. The zero-order chi connectivity index (χ0) is 17.0. The van der Waals surface area contributed by atoms with Crippen molar-refractivity contribution in [3.63, 3.8) is 0 Å². The van der Waals surface area contributed by atoms with E-state index < -0.39 is 5.97 Å². The van der Waals surface area contributed by atoms with E-state index in [1.54, 1.807) is 6.92 Å². The summed E-state index contributed by atoms with van der Waals surface area (Å²) in [5.74, 6) is 39.0. The standard InChI is InChI=1S/C20H8O2S/c1-2-3-4-5-6-7-8-9-10-11-12-13-14-15-16-17-20(21)22-18-19-23/h23H,18-19H2,1H3. The number of rotatable bonds is 2. The Morgan fingerprint density at radius 3 is 1.52 bits per heavy atom. The van der Waals surface area contributed by atoms with E-state index >= 15 is 0 Å². The van der Waals surface area contributed by atoms with Gasteiger partial charge in [0.15, 0.2) is 0 Å². The second kappa shape index (κ2) is 16.4. The molecule has 0 saturated heterocycles. The van der Waals surface area contributed by atoms with Gasteiger partial charge in [0, 0.05) is 11.7 Å². The first-order valence-corrected chi connectivity index (χ1v) is 6.65. The SMILES string of the molecule is CC#CC#CC#CC#CC#CC#CC#CC#CC(=O)OCCS. The minimum absolute atomic E-state index is 0.213. The molecule has 106 valence electrons. The van der Waals surface area contributed by atoms with E-state index in [0.29, 0.717) is 5.75 Å². The van der Waals surface area contributed by atoms with Crippen LogP contribution < -0.4 is 0 Å². The Kier molecular flexibility index (Phi) is 13.7. The fourth-order valence-electron chi connectivity index (χ4n) is 0.694. The Hall–Kier alpha value is -3.70. The van der Waals surface area contributed by atoms with Crippen molar-refractivity contribution in [2.75, 3.05) is 12.4 Å². The molecule has 0 fully saturated rings. The summed E-state index contributed by atoms with van der Waals surface area (Å²) in [6.07, 6.45) is 0. The van der Waals surface area contributed by atoms with Crippen LogP contribution in [0.2, 0.25) is 0 Å². The van der Waals surface area contributed by atoms with Crippen LogP contribution in [-0.4, -0.2) is 18.3 Å². The van der Waals surface area contributed by atoms with Crippen LogP contribution in [0.4, 0.5) is 0 Å². The van der Waals surface area contributed by atoms with Gasteiger partial charge in [-0.1, -0.05) is 5.92 Å². The van der Waals surface area contributed by atoms with Crippen molar-refractivity contribution < 1.29 is 9.53 Å². The Labute approximate surface area is 142 Å². The third kappa shape index (κ3) is 16.2. The molecule has 0 bridgehead atoms. The smallest absolute Gasteiger partial charge is 0.385 e. The number of carbonyl (C=O) groups is 1. The Morgan fingerprint density at radius 1 is 0.739 bits per heavy atom. The lowest BCUT2D eigenvalue weighted by Crippen LogP contribution is -2.03. The summed E-state index contributed by atoms with van der Waals surface area (Å²) in [4.78, 5) is 10.9. The maximum Gasteiger partial charge on any atom is 0.385 e. The quantitative estimate of drug-likeness (QED) is 0.348. The van der Waals surface area contributed by atoms with Gasteiger partial charge in [-0.15, -0.1) is 0 Å². The van der Waals surface area contributed by atoms with E-state index in [2.05, 4.69) is 112 Å². The van der Waals surface area contributed by atoms with Crippen molar-refractivity contribution in [2.45, 2.75) is 6.92 Å². The van der Waals surface area contributed by atoms with Crippen molar-refractivity contribution in [1.82, 2.24) is 0 Å². The second-order valence-electron chi connectivity index (χ2n) is 2.98. The number of esters is 1. The van der Waals surface area contributed by atoms with Crippen LogP contribution in [-0.2, 0) is 9.53 Å². The van der Waals surface area contributed by atoms with Crippen molar-refractivity contribution in [3.8, 4) is 94.7 Å². The summed E-state index contributed by atoms with van der Waals surface area (Å²) in [5.41, 5.74) is 0. The van der Waals surface area contributed by atoms with Crippen LogP contribution >= 0.6 is 12.6 Å². The first-order chi connectivity index (χ1) is 11.3. The van der Waals surface area contributed by atoms with Crippen LogP contribution in [0.5, 0.6) is 0 Å². The molecule has 0 amide bonds. The highest BCUT2D eigenvalue weighted by atomic mass is 32.1. The van der Waals surface area contributed by atoms with Gasteiger partial charge in [0.25, 0.3) is 0 Å². The number of hydrogen-bond donors (Lipinski definition) is 1. The predicted molar refractivity (Wildman–Crippen MR) is 92.7 cm³/mol. The molecule has 0 aromatic heterocycles. The van der Waals surface area contributed by atoms with Crippen LogP contribution in [0.25, 0.3) is 0 Å². The molecular weight excluding hydrogens is 304 g/mol. The Balaban J connectivity index is 4.31. The molecule has 0 unspecified atom stereocenters. The Morgan fingerprint density at radius 2 is 1.13 bits per heavy atom. The van der Waals surface area contributed by atoms with Crippen LogP contribution in [0, 0.1) is 94.7 Å². The summed E-state index contributed by atoms with van der Waals surface area (Å²) >= 11 is 3.88. The lowest BCUT2D eigenvalue weighted by Gasteiger charge is -1.92. The van der Waals surface area contributed by atoms with Crippen LogP contribution in [0.3, 0.4) is 0 Å². The third-order valence-corrected chi connectivity index (χ3v) is 1.61. The van der Waals surface area contributed by atoms with E-state index in [4.69, 9.17) is 0 Å². The fraction of sp³-hybridized carbons (Fsp3) is 0.150. The van der Waals surface area contributed by atoms with Gasteiger partial charge in [-0.05, 0) is 89.8 Å². The van der Waals surface area contributed by atoms with Crippen molar-refractivity contribution in [1.29, 1.82) is 0 Å². The topological polar surface area (TPSA) is 26.3 Å². The van der Waals surface area contributed by atoms with Crippen molar-refractivity contribution in [3.05, 3.63) is 0 Å². The highest BCUT2D eigenvalue weighted by molar-refractivity contribution is 7.80. The highest BCUT2D eigenvalue weighted by Gasteiger charge is 1.92. The lowest BCUT2D eigenvalue weighted by atomic mass is 10.5. The van der Waals surface area contributed by atoms with Gasteiger partial charge in [-0.3, -0.25) is 0 Å². The third-order valence-electron chi connectivity index (χ3n) is 1.43. The van der Waals surface area contributed by atoms with Gasteiger partial charge in [-0.2, -0.15) is 12.6 Å². The molecule has 0 atom stereocenters. The average molecular weight is 312 g/mol. The van der Waals surface area contributed by atoms with Gasteiger partial charge in [0.05, 0.1) is 0 Å². The first kappa shape index (κ1) is 19.3. The minimum Gasteiger partial charge on any atom is -0.455 e. The first-order valence-electron chi connectivity index (χ1n) is 6.01. The van der Waals surface area contributed by atoms with Gasteiger partial charge >= 0.3 is 5.97 Å². The summed E-state index contributed by atoms with van der Waals surface area (Å²) in [7, 11) is 0. The molecule has 0 N–H and O–H groups in total. The van der Waals surface area contributed by atoms with Crippen LogP contribution in [0.15, 0.2) is 0 Å². The van der Waals surface area contributed by atoms with Crippen molar-refractivity contribution >= 4 is 18.6 Å². The largest absolute Gasteiger partial charge is 0.455 e. The molecule has 0 aromatic rings. The molecule has 0 saturated carbocycles. The molecule has 0 aromatic carbocycles. The van der Waals surface area contributed by atoms with Gasteiger partial charge in [0.1, 0.15) is 6.61 Å². The monoisotopic (exact) mass is 312 g/mol. The average Bonchev–Trinajstić information content (AvgIpc) is 2.56. The van der Waals surface area contributed by atoms with E-state index in [1.807, 2.05) is 0 Å². The fourth-order valence-corrected chi connectivity index (χ4v) is 0.785. The van der Waals surface area contributed by atoms with Gasteiger partial charge < -0.3 is 4.74 Å². The molecule has 0 rings (SSSR count). The Bertz CT molecular complexity index is 925. The van der Waals surface area contributed by atoms with E-state index in [9.17, 15) is 4.79 Å². The predicted octanol–water partition coefficient (Wildman–Crippen LogP) is 0.507. The van der Waals surface area contributed by atoms with Crippen LogP contribution in [0.1, 0.15) is 6.92 Å². The van der Waals surface area contributed by atoms with E-state index in [0.717, 1.165) is 0 Å². The summed E-state index contributed by atoms with van der Waals surface area (Å²) < 4.78 is 4.65. The number of thiol groups is 1. The minimum atomic E-state index is -0.649. The summed E-state index contributed by atoms with van der Waals surface area (Å²) in [6, 6.07) is 0. The van der Waals surface area contributed by atoms with Gasteiger partial charge in [0.2, 0.25) is 0 Å². The molecule has 23 heavy (non-hydrogen) atoms. The van der Waals surface area contributed by atoms with Gasteiger partial charge in [-0.25, -0.2) is 4.79 Å². The molecule has 0 aliphatic heterocycles. The lowest BCUT2D eigenvalue weighted by molar-refractivity contribution is -0.136. The van der Waals surface area contributed by atoms with Crippen molar-refractivity contribution in [2.24, 2.45) is 0 Å². The molecule has 0 heterocycles. The normalized spacial score (nSPS) is 5.30. The zero-order valence-corrected chi connectivity index (χ0v) is 13.1. The molecule has 0 spiro atoms. The summed E-state index contributed by atoms with van der Waals surface area (Å²) in [6.45, 7) is 1.90. The summed E-state index contributed by atoms with van der Waals surface area (Å²) in [5, 5.41) is 0. The van der Waals surface area contributed by atoms with E-state index in [-0.39, 0.29) is 6.61 Å². The molecular formula is C20H8O2S. The number of carbonyl (C=O) groups excluding carboxylic acids is 1. The molecule has 3 heteroatoms. The zero-order valence-electron chi connectivity index (χ0n) is 12.2. The number of hydrogen-bond acceptors (Lipinski definition) is 3. The molecule has 0 aliphatic rings. The molecule has 0 aliphatic carbocycles. The van der Waals surface area contributed by atoms with E-state index in [1.165, 1.54) is 0 Å². The maximum absolute atomic E-state index is 10.9. The maximum atomic E-state index is 10.9. The molecule has 2 nitrogen and oxygen atoms in total. The second-order valence-corrected chi connectivity index (χ2v) is 3.43. The molecule has 0 radical (unpaired) electrons. The number of ether oxygens (including phenoxy) is 1.